The minimum Gasteiger partial charge on any atom is -0.298 e. The molecule has 0 saturated carbocycles. The Balaban J connectivity index is 3.45. The van der Waals surface area contributed by atoms with Crippen molar-refractivity contribution in [2.45, 2.75) is 13.3 Å². The molecule has 1 rings (SSSR count). The molecule has 0 bridgehead atoms. The third-order valence-electron chi connectivity index (χ3n) is 1.91. The molecule has 0 N–H and O–H groups in total. The Kier molecular flexibility index (Phi) is 3.68. The molecule has 1 aromatic carbocycles. The molecule has 15 heavy (non-hydrogen) atoms. The maximum Gasteiger partial charge on any atom is 0.264 e. The Hall–Kier alpha value is -1.10. The molecule has 0 aromatic heterocycles. The van der Waals surface area contributed by atoms with Crippen molar-refractivity contribution in [2.24, 2.45) is 0 Å². The molecule has 0 atom stereocenters. The van der Waals surface area contributed by atoms with E-state index in [-0.39, 0.29) is 21.2 Å². The summed E-state index contributed by atoms with van der Waals surface area (Å²) in [6, 6.07) is 2.27. The largest absolute Gasteiger partial charge is 0.298 e. The van der Waals surface area contributed by atoms with Gasteiger partial charge in [0.15, 0.2) is 12.1 Å². The van der Waals surface area contributed by atoms with E-state index in [1.807, 2.05) is 0 Å². The summed E-state index contributed by atoms with van der Waals surface area (Å²) in [6.45, 7) is 1.18. The third kappa shape index (κ3) is 2.47. The van der Waals surface area contributed by atoms with Crippen molar-refractivity contribution in [3.05, 3.63) is 33.3 Å². The maximum absolute atomic E-state index is 12.5. The average molecular weight is 277 g/mol. The summed E-state index contributed by atoms with van der Waals surface area (Å²) >= 11 is 2.98. The zero-order chi connectivity index (χ0) is 11.6. The molecule has 0 saturated heterocycles. The van der Waals surface area contributed by atoms with Crippen molar-refractivity contribution in [1.82, 2.24) is 0 Å². The van der Waals surface area contributed by atoms with Gasteiger partial charge in [0, 0.05) is 21.2 Å². The highest BCUT2D eigenvalue weighted by molar-refractivity contribution is 9.10. The summed E-state index contributed by atoms with van der Waals surface area (Å²) in [5, 5.41) is 0. The van der Waals surface area contributed by atoms with Gasteiger partial charge >= 0.3 is 0 Å². The lowest BCUT2D eigenvalue weighted by molar-refractivity contribution is 0.0999. The van der Waals surface area contributed by atoms with Gasteiger partial charge in [0.1, 0.15) is 0 Å². The van der Waals surface area contributed by atoms with Crippen molar-refractivity contribution in [3.8, 4) is 0 Å². The first-order valence-corrected chi connectivity index (χ1v) is 4.84. The summed E-state index contributed by atoms with van der Waals surface area (Å²) in [7, 11) is 0. The number of Topliss-reactive ketones (excluding diaryl/α,β-unsaturated/α-hetero) is 1. The van der Waals surface area contributed by atoms with Crippen LogP contribution in [0.4, 0.5) is 8.78 Å². The maximum atomic E-state index is 12.5. The molecule has 0 spiro atoms. The standard InChI is InChI=1S/C10H7BrF2O2/c1-5(15)7-2-6(4-14)9(11)3-8(7)10(12)13/h2-4,10H,1H3. The number of carbonyl (C=O) groups excluding carboxylic acids is 2. The first-order chi connectivity index (χ1) is 6.97. The Morgan fingerprint density at radius 2 is 2.07 bits per heavy atom. The van der Waals surface area contributed by atoms with E-state index < -0.39 is 12.2 Å². The van der Waals surface area contributed by atoms with Gasteiger partial charge in [-0.3, -0.25) is 9.59 Å². The van der Waals surface area contributed by atoms with Crippen molar-refractivity contribution >= 4 is 28.0 Å². The second-order valence-corrected chi connectivity index (χ2v) is 3.79. The molecular formula is C10H7BrF2O2. The lowest BCUT2D eigenvalue weighted by Gasteiger charge is -2.08. The van der Waals surface area contributed by atoms with Crippen molar-refractivity contribution in [1.29, 1.82) is 0 Å². The Bertz CT molecular complexity index is 416. The molecule has 2 nitrogen and oxygen atoms in total. The SMILES string of the molecule is CC(=O)c1cc(C=O)c(Br)cc1C(F)F. The van der Waals surface area contributed by atoms with Gasteiger partial charge in [0.25, 0.3) is 6.43 Å². The molecule has 0 aliphatic carbocycles. The van der Waals surface area contributed by atoms with E-state index in [4.69, 9.17) is 0 Å². The Morgan fingerprint density at radius 3 is 2.47 bits per heavy atom. The van der Waals surface area contributed by atoms with Crippen LogP contribution in [0, 0.1) is 0 Å². The van der Waals surface area contributed by atoms with E-state index in [0.29, 0.717) is 6.29 Å². The van der Waals surface area contributed by atoms with Gasteiger partial charge in [-0.2, -0.15) is 0 Å². The minimum absolute atomic E-state index is 0.115. The van der Waals surface area contributed by atoms with E-state index in [9.17, 15) is 18.4 Å². The van der Waals surface area contributed by atoms with Crippen molar-refractivity contribution in [2.75, 3.05) is 0 Å². The van der Waals surface area contributed by atoms with Crippen LogP contribution in [0.3, 0.4) is 0 Å². The molecule has 0 fully saturated rings. The van der Waals surface area contributed by atoms with Gasteiger partial charge in [0.05, 0.1) is 0 Å². The minimum atomic E-state index is -2.74. The predicted molar refractivity (Wildman–Crippen MR) is 54.5 cm³/mol. The summed E-state index contributed by atoms with van der Waals surface area (Å²) in [4.78, 5) is 21.6. The number of alkyl halides is 2. The van der Waals surface area contributed by atoms with E-state index in [1.165, 1.54) is 13.0 Å². The second kappa shape index (κ2) is 4.61. The van der Waals surface area contributed by atoms with Crippen LogP contribution in [-0.4, -0.2) is 12.1 Å². The first kappa shape index (κ1) is 12.0. The fourth-order valence-electron chi connectivity index (χ4n) is 1.18. The summed E-state index contributed by atoms with van der Waals surface area (Å²) in [6.07, 6.45) is -2.23. The van der Waals surface area contributed by atoms with Crippen molar-refractivity contribution in [3.63, 3.8) is 0 Å². The van der Waals surface area contributed by atoms with Crippen LogP contribution in [0.1, 0.15) is 39.6 Å². The Morgan fingerprint density at radius 1 is 1.47 bits per heavy atom. The molecule has 5 heteroatoms. The molecule has 0 unspecified atom stereocenters. The number of aldehydes is 1. The van der Waals surface area contributed by atoms with Crippen LogP contribution in [0.5, 0.6) is 0 Å². The summed E-state index contributed by atoms with van der Waals surface area (Å²) in [5.41, 5.74) is -0.292. The molecule has 0 heterocycles. The number of carbonyl (C=O) groups is 2. The highest BCUT2D eigenvalue weighted by Crippen LogP contribution is 2.28. The quantitative estimate of drug-likeness (QED) is 0.626. The number of halogens is 3. The van der Waals surface area contributed by atoms with Gasteiger partial charge in [0.2, 0.25) is 0 Å². The number of rotatable bonds is 3. The number of hydrogen-bond acceptors (Lipinski definition) is 2. The fraction of sp³-hybridized carbons (Fsp3) is 0.200. The highest BCUT2D eigenvalue weighted by Gasteiger charge is 2.18. The van der Waals surface area contributed by atoms with Crippen LogP contribution < -0.4 is 0 Å². The molecule has 0 amide bonds. The van der Waals surface area contributed by atoms with Gasteiger partial charge in [-0.1, -0.05) is 15.9 Å². The smallest absolute Gasteiger partial charge is 0.264 e. The topological polar surface area (TPSA) is 34.1 Å². The van der Waals surface area contributed by atoms with E-state index in [1.54, 1.807) is 0 Å². The van der Waals surface area contributed by atoms with Crippen LogP contribution in [0.15, 0.2) is 16.6 Å². The predicted octanol–water partition coefficient (Wildman–Crippen LogP) is 3.40. The van der Waals surface area contributed by atoms with Gasteiger partial charge < -0.3 is 0 Å². The molecule has 0 aliphatic heterocycles. The average Bonchev–Trinajstić information content (AvgIpc) is 2.16. The Labute approximate surface area is 93.4 Å². The van der Waals surface area contributed by atoms with Crippen molar-refractivity contribution < 1.29 is 18.4 Å². The summed E-state index contributed by atoms with van der Waals surface area (Å²) in [5.74, 6) is -0.485. The van der Waals surface area contributed by atoms with Crippen LogP contribution in [0.2, 0.25) is 0 Å². The number of ketones is 1. The molecule has 80 valence electrons. The van der Waals surface area contributed by atoms with E-state index >= 15 is 0 Å². The number of benzene rings is 1. The van der Waals surface area contributed by atoms with Gasteiger partial charge in [-0.15, -0.1) is 0 Å². The van der Waals surface area contributed by atoms with E-state index in [0.717, 1.165) is 6.07 Å². The van der Waals surface area contributed by atoms with Crippen LogP contribution in [-0.2, 0) is 0 Å². The first-order valence-electron chi connectivity index (χ1n) is 4.05. The molecule has 0 aliphatic rings. The molecule has 1 aromatic rings. The lowest BCUT2D eigenvalue weighted by atomic mass is 10.0. The zero-order valence-corrected chi connectivity index (χ0v) is 9.35. The lowest BCUT2D eigenvalue weighted by Crippen LogP contribution is -2.02. The molecule has 0 radical (unpaired) electrons. The van der Waals surface area contributed by atoms with Crippen LogP contribution >= 0.6 is 15.9 Å². The normalized spacial score (nSPS) is 10.5. The fourth-order valence-corrected chi connectivity index (χ4v) is 1.64. The van der Waals surface area contributed by atoms with E-state index in [2.05, 4.69) is 15.9 Å². The molecular weight excluding hydrogens is 270 g/mol. The third-order valence-corrected chi connectivity index (χ3v) is 2.60. The van der Waals surface area contributed by atoms with Gasteiger partial charge in [-0.05, 0) is 19.1 Å². The number of hydrogen-bond donors (Lipinski definition) is 0. The van der Waals surface area contributed by atoms with Crippen LogP contribution in [0.25, 0.3) is 0 Å². The monoisotopic (exact) mass is 276 g/mol. The highest BCUT2D eigenvalue weighted by atomic mass is 79.9. The van der Waals surface area contributed by atoms with Gasteiger partial charge in [-0.25, -0.2) is 8.78 Å². The summed E-state index contributed by atoms with van der Waals surface area (Å²) < 4.78 is 25.3. The zero-order valence-electron chi connectivity index (χ0n) is 7.76. The second-order valence-electron chi connectivity index (χ2n) is 2.94.